The zero-order valence-corrected chi connectivity index (χ0v) is 17.0. The van der Waals surface area contributed by atoms with Crippen LogP contribution in [0.25, 0.3) is 0 Å². The summed E-state index contributed by atoms with van der Waals surface area (Å²) < 4.78 is 0. The van der Waals surface area contributed by atoms with Gasteiger partial charge in [-0.25, -0.2) is 0 Å². The Kier molecular flexibility index (Phi) is 6.55. The van der Waals surface area contributed by atoms with Crippen LogP contribution in [0.2, 0.25) is 0 Å². The van der Waals surface area contributed by atoms with Gasteiger partial charge in [0.15, 0.2) is 0 Å². The molecular weight excluding hydrogens is 388 g/mol. The lowest BCUT2D eigenvalue weighted by Gasteiger charge is -2.38. The van der Waals surface area contributed by atoms with Crippen LogP contribution < -0.4 is 16.4 Å². The van der Waals surface area contributed by atoms with Gasteiger partial charge in [-0.05, 0) is 25.1 Å². The number of benzene rings is 1. The van der Waals surface area contributed by atoms with Gasteiger partial charge in [0, 0.05) is 25.0 Å². The zero-order chi connectivity index (χ0) is 22.0. The Morgan fingerprint density at radius 2 is 1.83 bits per heavy atom. The number of hydrogen-bond acceptors (Lipinski definition) is 6. The summed E-state index contributed by atoms with van der Waals surface area (Å²) in [5.41, 5.74) is 7.68. The molecule has 1 aliphatic heterocycles. The normalized spacial score (nSPS) is 26.9. The number of rotatable bonds is 5. The second kappa shape index (κ2) is 8.95. The molecule has 0 bridgehead atoms. The Labute approximate surface area is 174 Å². The summed E-state index contributed by atoms with van der Waals surface area (Å²) in [5, 5.41) is 26.0. The number of nitrogens with two attached hydrogens (primary N) is 1. The number of amides is 3. The SMILES string of the molecule is CNC(C)C(=O)NC1C=C(C(=O)N2Cc3ccccc3CC2C(N)=O)CC(O)C1O. The topological polar surface area (TPSA) is 145 Å². The van der Waals surface area contributed by atoms with E-state index in [1.807, 2.05) is 24.3 Å². The predicted molar refractivity (Wildman–Crippen MR) is 109 cm³/mol. The summed E-state index contributed by atoms with van der Waals surface area (Å²) in [5.74, 6) is -1.43. The number of carbonyl (C=O) groups is 3. The molecule has 5 unspecified atom stereocenters. The van der Waals surface area contributed by atoms with E-state index >= 15 is 0 Å². The van der Waals surface area contributed by atoms with E-state index in [1.165, 1.54) is 11.0 Å². The Hall–Kier alpha value is -2.75. The largest absolute Gasteiger partial charge is 0.390 e. The molecule has 0 aromatic heterocycles. The smallest absolute Gasteiger partial charge is 0.250 e. The number of hydrogen-bond donors (Lipinski definition) is 5. The van der Waals surface area contributed by atoms with Gasteiger partial charge in [-0.2, -0.15) is 0 Å². The lowest BCUT2D eigenvalue weighted by atomic mass is 9.87. The zero-order valence-electron chi connectivity index (χ0n) is 17.0. The molecule has 9 heteroatoms. The van der Waals surface area contributed by atoms with Crippen LogP contribution in [0.1, 0.15) is 24.5 Å². The van der Waals surface area contributed by atoms with Gasteiger partial charge in [0.25, 0.3) is 5.91 Å². The first-order valence-corrected chi connectivity index (χ1v) is 9.94. The fraction of sp³-hybridized carbons (Fsp3) is 0.476. The monoisotopic (exact) mass is 416 g/mol. The summed E-state index contributed by atoms with van der Waals surface area (Å²) in [6, 6.07) is 5.27. The average Bonchev–Trinajstić information content (AvgIpc) is 2.74. The molecule has 0 saturated carbocycles. The standard InChI is InChI=1S/C21H28N4O5/c1-11(23-2)20(29)24-15-7-14(9-17(26)18(15)27)21(30)25-10-13-6-4-3-5-12(13)8-16(25)19(22)28/h3-7,11,15-18,23,26-27H,8-10H2,1-2H3,(H2,22,28)(H,24,29). The van der Waals surface area contributed by atoms with Gasteiger partial charge in [-0.3, -0.25) is 14.4 Å². The molecule has 1 heterocycles. The van der Waals surface area contributed by atoms with E-state index in [2.05, 4.69) is 10.6 Å². The average molecular weight is 416 g/mol. The molecule has 0 radical (unpaired) electrons. The van der Waals surface area contributed by atoms with E-state index in [-0.39, 0.29) is 24.4 Å². The van der Waals surface area contributed by atoms with E-state index in [9.17, 15) is 24.6 Å². The second-order valence-corrected chi connectivity index (χ2v) is 7.82. The summed E-state index contributed by atoms with van der Waals surface area (Å²) in [6.07, 6.45) is -0.789. The Morgan fingerprint density at radius 1 is 1.17 bits per heavy atom. The van der Waals surface area contributed by atoms with Gasteiger partial charge in [-0.15, -0.1) is 0 Å². The molecule has 162 valence electrons. The minimum atomic E-state index is -1.25. The van der Waals surface area contributed by atoms with Gasteiger partial charge in [0.05, 0.1) is 18.2 Å². The van der Waals surface area contributed by atoms with E-state index < -0.39 is 42.1 Å². The van der Waals surface area contributed by atoms with E-state index in [1.54, 1.807) is 14.0 Å². The highest BCUT2D eigenvalue weighted by Crippen LogP contribution is 2.28. The van der Waals surface area contributed by atoms with Crippen LogP contribution in [0.5, 0.6) is 0 Å². The lowest BCUT2D eigenvalue weighted by molar-refractivity contribution is -0.138. The first-order valence-electron chi connectivity index (χ1n) is 9.94. The molecule has 1 aliphatic carbocycles. The molecular formula is C21H28N4O5. The van der Waals surface area contributed by atoms with Gasteiger partial charge in [0.1, 0.15) is 12.1 Å². The summed E-state index contributed by atoms with van der Waals surface area (Å²) >= 11 is 0. The maximum absolute atomic E-state index is 13.3. The Morgan fingerprint density at radius 3 is 2.47 bits per heavy atom. The van der Waals surface area contributed by atoms with Crippen LogP contribution in [-0.4, -0.2) is 70.2 Å². The van der Waals surface area contributed by atoms with Gasteiger partial charge >= 0.3 is 0 Å². The number of primary amides is 1. The third kappa shape index (κ3) is 4.38. The maximum Gasteiger partial charge on any atom is 0.250 e. The molecule has 3 rings (SSSR count). The van der Waals surface area contributed by atoms with Gasteiger partial charge in [-0.1, -0.05) is 30.3 Å². The van der Waals surface area contributed by atoms with Crippen LogP contribution in [0.3, 0.4) is 0 Å². The highest BCUT2D eigenvalue weighted by atomic mass is 16.3. The predicted octanol–water partition coefficient (Wildman–Crippen LogP) is -1.43. The van der Waals surface area contributed by atoms with Crippen LogP contribution in [0.4, 0.5) is 0 Å². The Bertz CT molecular complexity index is 871. The highest BCUT2D eigenvalue weighted by Gasteiger charge is 2.39. The van der Waals surface area contributed by atoms with Crippen LogP contribution >= 0.6 is 0 Å². The first kappa shape index (κ1) is 21.9. The van der Waals surface area contributed by atoms with Crippen LogP contribution in [-0.2, 0) is 27.3 Å². The van der Waals surface area contributed by atoms with Crippen molar-refractivity contribution in [3.05, 3.63) is 47.0 Å². The number of nitrogens with zero attached hydrogens (tertiary/aromatic N) is 1. The van der Waals surface area contributed by atoms with Crippen LogP contribution in [0, 0.1) is 0 Å². The van der Waals surface area contributed by atoms with E-state index in [4.69, 9.17) is 5.73 Å². The molecule has 2 aliphatic rings. The van der Waals surface area contributed by atoms with Crippen molar-refractivity contribution in [3.8, 4) is 0 Å². The molecule has 6 N–H and O–H groups in total. The van der Waals surface area contributed by atoms with Crippen molar-refractivity contribution >= 4 is 17.7 Å². The van der Waals surface area contributed by atoms with Crippen molar-refractivity contribution < 1.29 is 24.6 Å². The number of aliphatic hydroxyl groups is 2. The van der Waals surface area contributed by atoms with E-state index in [0.717, 1.165) is 11.1 Å². The number of carbonyl (C=O) groups excluding carboxylic acids is 3. The summed E-state index contributed by atoms with van der Waals surface area (Å²) in [4.78, 5) is 38.9. The fourth-order valence-corrected chi connectivity index (χ4v) is 3.85. The minimum absolute atomic E-state index is 0.0857. The molecule has 9 nitrogen and oxygen atoms in total. The number of aliphatic hydroxyl groups excluding tert-OH is 2. The van der Waals surface area contributed by atoms with Crippen LogP contribution in [0.15, 0.2) is 35.9 Å². The number of likely N-dealkylation sites (N-methyl/N-ethyl adjacent to an activating group) is 1. The molecule has 0 spiro atoms. The molecule has 30 heavy (non-hydrogen) atoms. The number of fused-ring (bicyclic) bond motifs is 1. The van der Waals surface area contributed by atoms with Crippen molar-refractivity contribution in [3.63, 3.8) is 0 Å². The van der Waals surface area contributed by atoms with Gasteiger partial charge in [0.2, 0.25) is 11.8 Å². The molecule has 1 aromatic carbocycles. The van der Waals surface area contributed by atoms with Crippen molar-refractivity contribution in [1.82, 2.24) is 15.5 Å². The van der Waals surface area contributed by atoms with Crippen molar-refractivity contribution in [2.24, 2.45) is 5.73 Å². The first-order chi connectivity index (χ1) is 14.2. The van der Waals surface area contributed by atoms with Crippen molar-refractivity contribution in [1.29, 1.82) is 0 Å². The molecule has 1 aromatic rings. The summed E-state index contributed by atoms with van der Waals surface area (Å²) in [6.45, 7) is 1.87. The molecule has 3 amide bonds. The Balaban J connectivity index is 1.87. The maximum atomic E-state index is 13.3. The van der Waals surface area contributed by atoms with Crippen molar-refractivity contribution in [2.45, 2.75) is 56.6 Å². The molecule has 0 saturated heterocycles. The third-order valence-electron chi connectivity index (χ3n) is 5.82. The third-order valence-corrected chi connectivity index (χ3v) is 5.82. The molecule has 5 atom stereocenters. The highest BCUT2D eigenvalue weighted by molar-refractivity contribution is 5.97. The summed E-state index contributed by atoms with van der Waals surface area (Å²) in [7, 11) is 1.62. The fourth-order valence-electron chi connectivity index (χ4n) is 3.85. The van der Waals surface area contributed by atoms with E-state index in [0.29, 0.717) is 6.42 Å². The lowest BCUT2D eigenvalue weighted by Crippen LogP contribution is -2.55. The quantitative estimate of drug-likeness (QED) is 0.398. The van der Waals surface area contributed by atoms with Crippen molar-refractivity contribution in [2.75, 3.05) is 7.05 Å². The number of nitrogens with one attached hydrogen (secondary N) is 2. The second-order valence-electron chi connectivity index (χ2n) is 7.82. The minimum Gasteiger partial charge on any atom is -0.390 e. The molecule has 0 fully saturated rings. The van der Waals surface area contributed by atoms with Gasteiger partial charge < -0.3 is 31.5 Å².